The lowest BCUT2D eigenvalue weighted by molar-refractivity contribution is 0.0693. The fourth-order valence-electron chi connectivity index (χ4n) is 3.21. The minimum Gasteiger partial charge on any atom is -0.507 e. The molecule has 1 amide bonds. The number of carbonyl (C=O) groups is 2. The van der Waals surface area contributed by atoms with E-state index in [0.29, 0.717) is 22.0 Å². The highest BCUT2D eigenvalue weighted by Crippen LogP contribution is 2.36. The van der Waals surface area contributed by atoms with E-state index in [4.69, 9.17) is 5.11 Å². The summed E-state index contributed by atoms with van der Waals surface area (Å²) >= 11 is 0. The third-order valence-electron chi connectivity index (χ3n) is 4.45. The molecule has 27 heavy (non-hydrogen) atoms. The van der Waals surface area contributed by atoms with Gasteiger partial charge in [0.15, 0.2) is 9.84 Å². The summed E-state index contributed by atoms with van der Waals surface area (Å²) in [6.07, 6.45) is 0. The van der Waals surface area contributed by atoms with Crippen LogP contribution in [-0.4, -0.2) is 30.5 Å². The van der Waals surface area contributed by atoms with Crippen LogP contribution in [0.1, 0.15) is 26.3 Å². The summed E-state index contributed by atoms with van der Waals surface area (Å²) in [6.45, 7) is 0. The number of sulfone groups is 1. The van der Waals surface area contributed by atoms with Gasteiger partial charge in [-0.2, -0.15) is 0 Å². The van der Waals surface area contributed by atoms with E-state index in [1.807, 2.05) is 0 Å². The highest BCUT2D eigenvalue weighted by atomic mass is 32.2. The Morgan fingerprint density at radius 2 is 1.85 bits per heavy atom. The van der Waals surface area contributed by atoms with Crippen LogP contribution in [0.25, 0.3) is 10.8 Å². The molecule has 3 N–H and O–H groups in total. The number of carbonyl (C=O) groups excluding carboxylic acids is 1. The smallest absolute Gasteiger partial charge is 0.339 e. The first-order valence-electron chi connectivity index (χ1n) is 7.92. The number of amides is 1. The summed E-state index contributed by atoms with van der Waals surface area (Å²) in [6, 6.07) is 11.6. The van der Waals surface area contributed by atoms with Gasteiger partial charge in [0.2, 0.25) is 0 Å². The number of anilines is 1. The van der Waals surface area contributed by atoms with Crippen LogP contribution in [0.3, 0.4) is 0 Å². The summed E-state index contributed by atoms with van der Waals surface area (Å²) in [4.78, 5) is 23.0. The Morgan fingerprint density at radius 3 is 2.56 bits per heavy atom. The molecule has 0 fully saturated rings. The minimum absolute atomic E-state index is 0.0335. The molecule has 136 valence electrons. The van der Waals surface area contributed by atoms with Crippen molar-refractivity contribution in [2.24, 2.45) is 0 Å². The van der Waals surface area contributed by atoms with Crippen molar-refractivity contribution in [2.45, 2.75) is 10.6 Å². The van der Waals surface area contributed by atoms with Crippen LogP contribution in [0.15, 0.2) is 53.4 Å². The average Bonchev–Trinajstić information content (AvgIpc) is 2.92. The number of carboxylic acid groups (broad SMARTS) is 1. The first-order chi connectivity index (χ1) is 12.8. The zero-order chi connectivity index (χ0) is 19.3. The van der Waals surface area contributed by atoms with E-state index in [0.717, 1.165) is 12.1 Å². The molecule has 0 radical (unpaired) electrons. The Hall–Kier alpha value is -3.39. The molecule has 1 aliphatic heterocycles. The van der Waals surface area contributed by atoms with E-state index >= 15 is 0 Å². The van der Waals surface area contributed by atoms with Crippen LogP contribution in [-0.2, 0) is 15.6 Å². The summed E-state index contributed by atoms with van der Waals surface area (Å²) in [5, 5.41) is 22.7. The van der Waals surface area contributed by atoms with Crippen LogP contribution < -0.4 is 5.32 Å². The first kappa shape index (κ1) is 17.0. The van der Waals surface area contributed by atoms with Gasteiger partial charge in [-0.1, -0.05) is 18.2 Å². The molecule has 0 bridgehead atoms. The Balaban J connectivity index is 1.75. The summed E-state index contributed by atoms with van der Waals surface area (Å²) in [5.41, 5.74) is 0.897. The summed E-state index contributed by atoms with van der Waals surface area (Å²) in [5.74, 6) is -2.49. The van der Waals surface area contributed by atoms with Crippen LogP contribution in [0.5, 0.6) is 5.75 Å². The molecule has 0 aliphatic carbocycles. The average molecular weight is 383 g/mol. The van der Waals surface area contributed by atoms with Crippen molar-refractivity contribution in [2.75, 3.05) is 5.32 Å². The zero-order valence-electron chi connectivity index (χ0n) is 13.8. The number of hydrogen-bond acceptors (Lipinski definition) is 5. The normalized spacial score (nSPS) is 13.0. The number of phenols is 1. The monoisotopic (exact) mass is 383 g/mol. The fraction of sp³-hybridized carbons (Fsp3) is 0.0526. The minimum atomic E-state index is -3.79. The molecular formula is C19H13NO6S. The van der Waals surface area contributed by atoms with E-state index in [1.165, 1.54) is 18.2 Å². The number of nitrogens with one attached hydrogen (secondary N) is 1. The van der Waals surface area contributed by atoms with Gasteiger partial charge in [-0.3, -0.25) is 4.79 Å². The standard InChI is InChI=1S/C19H13NO6S/c21-16-6-10(4-5-13(16)19(23)24)9-27(25,26)12-7-11-2-1-3-14-17(11)15(8-12)20-18(14)22/h1-8,21H,9H2,(H,20,22)(H,23,24). The number of rotatable bonds is 4. The first-order valence-corrected chi connectivity index (χ1v) is 9.57. The van der Waals surface area contributed by atoms with Crippen molar-refractivity contribution < 1.29 is 28.2 Å². The van der Waals surface area contributed by atoms with Crippen molar-refractivity contribution in [1.82, 2.24) is 0 Å². The van der Waals surface area contributed by atoms with Gasteiger partial charge in [-0.15, -0.1) is 0 Å². The van der Waals surface area contributed by atoms with Crippen LogP contribution in [0.4, 0.5) is 5.69 Å². The Labute approximate surface area is 153 Å². The molecule has 3 aromatic rings. The van der Waals surface area contributed by atoms with Crippen LogP contribution in [0, 0.1) is 0 Å². The van der Waals surface area contributed by atoms with E-state index in [9.17, 15) is 23.1 Å². The maximum Gasteiger partial charge on any atom is 0.339 e. The van der Waals surface area contributed by atoms with Gasteiger partial charge < -0.3 is 15.5 Å². The molecule has 4 rings (SSSR count). The number of carboxylic acids is 1. The van der Waals surface area contributed by atoms with Crippen LogP contribution >= 0.6 is 0 Å². The van der Waals surface area contributed by atoms with E-state index in [-0.39, 0.29) is 21.9 Å². The van der Waals surface area contributed by atoms with Crippen molar-refractivity contribution >= 4 is 38.2 Å². The Bertz CT molecular complexity index is 1250. The van der Waals surface area contributed by atoms with Gasteiger partial charge in [0.05, 0.1) is 16.3 Å². The lowest BCUT2D eigenvalue weighted by atomic mass is 10.1. The Kier molecular flexibility index (Phi) is 3.67. The van der Waals surface area contributed by atoms with Gasteiger partial charge in [0.1, 0.15) is 11.3 Å². The van der Waals surface area contributed by atoms with Gasteiger partial charge in [-0.25, -0.2) is 13.2 Å². The zero-order valence-corrected chi connectivity index (χ0v) is 14.6. The number of aromatic hydroxyl groups is 1. The molecule has 0 atom stereocenters. The second-order valence-corrected chi connectivity index (χ2v) is 8.23. The third kappa shape index (κ3) is 2.80. The van der Waals surface area contributed by atoms with Crippen molar-refractivity contribution in [3.8, 4) is 5.75 Å². The fourth-order valence-corrected chi connectivity index (χ4v) is 4.60. The highest BCUT2D eigenvalue weighted by molar-refractivity contribution is 7.90. The predicted molar refractivity (Wildman–Crippen MR) is 97.9 cm³/mol. The molecular weight excluding hydrogens is 370 g/mol. The third-order valence-corrected chi connectivity index (χ3v) is 6.12. The lowest BCUT2D eigenvalue weighted by Crippen LogP contribution is -2.07. The van der Waals surface area contributed by atoms with Gasteiger partial charge in [0, 0.05) is 10.9 Å². The van der Waals surface area contributed by atoms with E-state index in [1.54, 1.807) is 18.2 Å². The Morgan fingerprint density at radius 1 is 1.07 bits per heavy atom. The van der Waals surface area contributed by atoms with Gasteiger partial charge in [-0.05, 0) is 41.3 Å². The second-order valence-electron chi connectivity index (χ2n) is 6.24. The van der Waals surface area contributed by atoms with E-state index < -0.39 is 27.3 Å². The number of hydrogen-bond donors (Lipinski definition) is 3. The predicted octanol–water partition coefficient (Wildman–Crippen LogP) is 2.78. The van der Waals surface area contributed by atoms with E-state index in [2.05, 4.69) is 5.32 Å². The molecule has 7 nitrogen and oxygen atoms in total. The molecule has 0 unspecified atom stereocenters. The SMILES string of the molecule is O=C(O)c1ccc(CS(=O)(=O)c2cc3c4c(cccc4c2)C(=O)N3)cc1O. The molecule has 0 aromatic heterocycles. The number of aromatic carboxylic acids is 1. The number of benzene rings is 3. The molecule has 3 aromatic carbocycles. The van der Waals surface area contributed by atoms with Gasteiger partial charge >= 0.3 is 5.97 Å². The highest BCUT2D eigenvalue weighted by Gasteiger charge is 2.25. The molecule has 1 aliphatic rings. The van der Waals surface area contributed by atoms with Crippen molar-refractivity contribution in [3.63, 3.8) is 0 Å². The maximum absolute atomic E-state index is 12.8. The van der Waals surface area contributed by atoms with Crippen molar-refractivity contribution in [3.05, 3.63) is 65.2 Å². The molecule has 0 saturated carbocycles. The summed E-state index contributed by atoms with van der Waals surface area (Å²) < 4.78 is 25.7. The molecule has 0 spiro atoms. The largest absolute Gasteiger partial charge is 0.507 e. The molecule has 0 saturated heterocycles. The quantitative estimate of drug-likeness (QED) is 0.637. The molecule has 1 heterocycles. The molecule has 8 heteroatoms. The second kappa shape index (κ2) is 5.82. The van der Waals surface area contributed by atoms with Crippen LogP contribution in [0.2, 0.25) is 0 Å². The van der Waals surface area contributed by atoms with Crippen molar-refractivity contribution in [1.29, 1.82) is 0 Å². The summed E-state index contributed by atoms with van der Waals surface area (Å²) in [7, 11) is -3.79. The van der Waals surface area contributed by atoms with Gasteiger partial charge in [0.25, 0.3) is 5.91 Å². The lowest BCUT2D eigenvalue weighted by Gasteiger charge is -2.09. The maximum atomic E-state index is 12.8. The topological polar surface area (TPSA) is 121 Å².